The molecule has 1 saturated carbocycles. The maximum Gasteiger partial charge on any atom is 0.314 e. The van der Waals surface area contributed by atoms with Crippen LogP contribution in [0.25, 0.3) is 10.8 Å². The van der Waals surface area contributed by atoms with Crippen LogP contribution in [0.5, 0.6) is 5.75 Å². The molecule has 1 N–H and O–H groups in total. The summed E-state index contributed by atoms with van der Waals surface area (Å²) in [5, 5.41) is 12.5. The maximum atomic E-state index is 11.9. The third-order valence-corrected chi connectivity index (χ3v) is 8.22. The highest BCUT2D eigenvalue weighted by molar-refractivity contribution is 5.86. The molecule has 1 fully saturated rings. The number of carboxylic acid groups (broad SMARTS) is 1. The Hall–Kier alpha value is -3.79. The van der Waals surface area contributed by atoms with Crippen LogP contribution in [0.15, 0.2) is 91.0 Å². The fourth-order valence-electron chi connectivity index (χ4n) is 5.90. The molecule has 4 nitrogen and oxygen atoms in total. The Labute approximate surface area is 218 Å². The largest absolute Gasteiger partial charge is 0.486 e. The van der Waals surface area contributed by atoms with Gasteiger partial charge in [0.2, 0.25) is 0 Å². The maximum absolute atomic E-state index is 11.9. The Kier molecular flexibility index (Phi) is 6.11. The van der Waals surface area contributed by atoms with E-state index in [-0.39, 0.29) is 6.10 Å². The first kappa shape index (κ1) is 23.6. The van der Waals surface area contributed by atoms with Gasteiger partial charge in [-0.3, -0.25) is 4.79 Å². The Balaban J connectivity index is 1.18. The van der Waals surface area contributed by atoms with Crippen molar-refractivity contribution in [2.75, 3.05) is 11.4 Å². The van der Waals surface area contributed by atoms with Crippen molar-refractivity contribution in [3.05, 3.63) is 102 Å². The van der Waals surface area contributed by atoms with Gasteiger partial charge in [-0.05, 0) is 84.2 Å². The summed E-state index contributed by atoms with van der Waals surface area (Å²) in [6.07, 6.45) is 4.65. The van der Waals surface area contributed by atoms with Gasteiger partial charge in [-0.15, -0.1) is 0 Å². The molecule has 0 radical (unpaired) electrons. The molecule has 0 amide bonds. The second-order valence-corrected chi connectivity index (χ2v) is 10.7. The lowest BCUT2D eigenvalue weighted by atomic mass is 9.90. The molecular weight excluding hydrogens is 458 g/mol. The topological polar surface area (TPSA) is 49.8 Å². The number of carboxylic acids is 1. The van der Waals surface area contributed by atoms with Gasteiger partial charge in [0.15, 0.2) is 0 Å². The molecule has 4 aromatic rings. The first-order chi connectivity index (χ1) is 18.0. The Morgan fingerprint density at radius 1 is 1.00 bits per heavy atom. The van der Waals surface area contributed by atoms with Gasteiger partial charge in [0.25, 0.3) is 0 Å². The van der Waals surface area contributed by atoms with E-state index in [4.69, 9.17) is 4.74 Å². The Morgan fingerprint density at radius 2 is 1.76 bits per heavy atom. The number of anilines is 2. The van der Waals surface area contributed by atoms with Gasteiger partial charge < -0.3 is 14.7 Å². The molecule has 37 heavy (non-hydrogen) atoms. The van der Waals surface area contributed by atoms with Crippen LogP contribution in [-0.2, 0) is 10.2 Å². The van der Waals surface area contributed by atoms with Crippen molar-refractivity contribution in [3.63, 3.8) is 0 Å². The highest BCUT2D eigenvalue weighted by Crippen LogP contribution is 2.50. The Bertz CT molecular complexity index is 1440. The standard InChI is InChI=1S/C33H33NO3/c1-23(28-16-7-11-24-10-2-3-15-29(24)28)9-6-14-27-22-34(30-17-4-5-18-31(30)37-27)26-13-8-12-25(21-26)33(19-20-33)32(35)36/h2-5,7-8,10-13,15-18,21,23,27H,6,9,14,19-20,22H2,1H3,(H,35,36)/t23-,27?/m0/s1. The summed E-state index contributed by atoms with van der Waals surface area (Å²) in [7, 11) is 0. The SMILES string of the molecule is C[C@@H](CCCC1CN(c2cccc(C3(C(=O)O)CC3)c2)c2ccccc2O1)c1cccc2ccccc12. The van der Waals surface area contributed by atoms with Crippen molar-refractivity contribution in [2.45, 2.75) is 56.5 Å². The number of ether oxygens (including phenoxy) is 1. The molecular formula is C33H33NO3. The molecule has 0 spiro atoms. The zero-order valence-electron chi connectivity index (χ0n) is 21.3. The highest BCUT2D eigenvalue weighted by Gasteiger charge is 2.51. The molecule has 6 rings (SSSR count). The summed E-state index contributed by atoms with van der Waals surface area (Å²) >= 11 is 0. The smallest absolute Gasteiger partial charge is 0.314 e. The van der Waals surface area contributed by atoms with Crippen molar-refractivity contribution in [1.82, 2.24) is 0 Å². The molecule has 0 aromatic heterocycles. The molecule has 4 heteroatoms. The monoisotopic (exact) mass is 491 g/mol. The fourth-order valence-corrected chi connectivity index (χ4v) is 5.90. The van der Waals surface area contributed by atoms with Crippen molar-refractivity contribution in [2.24, 2.45) is 0 Å². The van der Waals surface area contributed by atoms with Crippen LogP contribution in [0.3, 0.4) is 0 Å². The quantitative estimate of drug-likeness (QED) is 0.273. The fraction of sp³-hybridized carbons (Fsp3) is 0.303. The lowest BCUT2D eigenvalue weighted by Crippen LogP contribution is -2.37. The molecule has 1 heterocycles. The minimum Gasteiger partial charge on any atom is -0.486 e. The number of para-hydroxylation sites is 2. The summed E-state index contributed by atoms with van der Waals surface area (Å²) < 4.78 is 6.45. The van der Waals surface area contributed by atoms with Gasteiger partial charge in [0.05, 0.1) is 17.6 Å². The summed E-state index contributed by atoms with van der Waals surface area (Å²) in [5.41, 5.74) is 3.69. The van der Waals surface area contributed by atoms with Gasteiger partial charge in [0.1, 0.15) is 11.9 Å². The molecule has 4 aromatic carbocycles. The van der Waals surface area contributed by atoms with Crippen molar-refractivity contribution in [1.29, 1.82) is 0 Å². The molecule has 2 aliphatic rings. The highest BCUT2D eigenvalue weighted by atomic mass is 16.5. The van der Waals surface area contributed by atoms with Crippen LogP contribution in [0.4, 0.5) is 11.4 Å². The number of carbonyl (C=O) groups is 1. The number of benzene rings is 4. The van der Waals surface area contributed by atoms with Crippen molar-refractivity contribution < 1.29 is 14.6 Å². The summed E-state index contributed by atoms with van der Waals surface area (Å²) in [6, 6.07) is 31.5. The first-order valence-electron chi connectivity index (χ1n) is 13.4. The van der Waals surface area contributed by atoms with Crippen LogP contribution >= 0.6 is 0 Å². The number of nitrogens with zero attached hydrogens (tertiary/aromatic N) is 1. The normalized spacial score (nSPS) is 18.6. The summed E-state index contributed by atoms with van der Waals surface area (Å²) in [5.74, 6) is 0.649. The number of hydrogen-bond donors (Lipinski definition) is 1. The van der Waals surface area contributed by atoms with Gasteiger partial charge in [0, 0.05) is 5.69 Å². The second kappa shape index (κ2) is 9.59. The van der Waals surface area contributed by atoms with Gasteiger partial charge >= 0.3 is 5.97 Å². The zero-order valence-corrected chi connectivity index (χ0v) is 21.3. The third-order valence-electron chi connectivity index (χ3n) is 8.22. The first-order valence-corrected chi connectivity index (χ1v) is 13.4. The van der Waals surface area contributed by atoms with E-state index < -0.39 is 11.4 Å². The minimum atomic E-state index is -0.717. The van der Waals surface area contributed by atoms with Crippen LogP contribution in [0.2, 0.25) is 0 Å². The van der Waals surface area contributed by atoms with E-state index in [1.165, 1.54) is 16.3 Å². The lowest BCUT2D eigenvalue weighted by Gasteiger charge is -2.37. The predicted octanol–water partition coefficient (Wildman–Crippen LogP) is 7.83. The number of aliphatic carboxylic acids is 1. The molecule has 0 saturated heterocycles. The number of hydrogen-bond acceptors (Lipinski definition) is 3. The molecule has 188 valence electrons. The molecule has 2 atom stereocenters. The zero-order chi connectivity index (χ0) is 25.4. The van der Waals surface area contributed by atoms with E-state index in [0.29, 0.717) is 18.8 Å². The third kappa shape index (κ3) is 4.46. The van der Waals surface area contributed by atoms with Gasteiger partial charge in [-0.25, -0.2) is 0 Å². The molecule has 0 bridgehead atoms. The average Bonchev–Trinajstić information content (AvgIpc) is 3.75. The van der Waals surface area contributed by atoms with Crippen LogP contribution < -0.4 is 9.64 Å². The van der Waals surface area contributed by atoms with Crippen LogP contribution in [-0.4, -0.2) is 23.7 Å². The van der Waals surface area contributed by atoms with Crippen molar-refractivity contribution in [3.8, 4) is 5.75 Å². The van der Waals surface area contributed by atoms with Crippen molar-refractivity contribution >= 4 is 28.1 Å². The van der Waals surface area contributed by atoms with Crippen LogP contribution in [0, 0.1) is 0 Å². The second-order valence-electron chi connectivity index (χ2n) is 10.7. The molecule has 1 aliphatic heterocycles. The van der Waals surface area contributed by atoms with Gasteiger partial charge in [-0.2, -0.15) is 0 Å². The molecule has 1 unspecified atom stereocenters. The van der Waals surface area contributed by atoms with E-state index in [2.05, 4.69) is 72.5 Å². The molecule has 1 aliphatic carbocycles. The van der Waals surface area contributed by atoms with E-state index in [1.54, 1.807) is 0 Å². The minimum absolute atomic E-state index is 0.0765. The summed E-state index contributed by atoms with van der Waals surface area (Å²) in [6.45, 7) is 3.08. The van der Waals surface area contributed by atoms with Gasteiger partial charge in [-0.1, -0.05) is 73.7 Å². The number of fused-ring (bicyclic) bond motifs is 2. The summed E-state index contributed by atoms with van der Waals surface area (Å²) in [4.78, 5) is 14.2. The predicted molar refractivity (Wildman–Crippen MR) is 149 cm³/mol. The lowest BCUT2D eigenvalue weighted by molar-refractivity contribution is -0.140. The van der Waals surface area contributed by atoms with Crippen LogP contribution in [0.1, 0.15) is 56.1 Å². The van der Waals surface area contributed by atoms with E-state index >= 15 is 0 Å². The van der Waals surface area contributed by atoms with E-state index in [9.17, 15) is 9.90 Å². The number of rotatable bonds is 8. The van der Waals surface area contributed by atoms with E-state index in [0.717, 1.165) is 48.5 Å². The van der Waals surface area contributed by atoms with E-state index in [1.807, 2.05) is 30.3 Å². The average molecular weight is 492 g/mol. The Morgan fingerprint density at radius 3 is 2.59 bits per heavy atom.